The normalized spacial score (nSPS) is 15.0. The van der Waals surface area contributed by atoms with Gasteiger partial charge in [-0.3, -0.25) is 4.79 Å². The van der Waals surface area contributed by atoms with Gasteiger partial charge in [0, 0.05) is 11.4 Å². The molecule has 0 fully saturated rings. The highest BCUT2D eigenvalue weighted by Crippen LogP contribution is 2.41. The number of rotatable bonds is 7. The van der Waals surface area contributed by atoms with Crippen LogP contribution in [-0.4, -0.2) is 29.2 Å². The number of aromatic nitrogens is 2. The van der Waals surface area contributed by atoms with Crippen molar-refractivity contribution in [2.24, 2.45) is 0 Å². The van der Waals surface area contributed by atoms with Gasteiger partial charge >= 0.3 is 5.97 Å². The molecule has 0 amide bonds. The fourth-order valence-electron chi connectivity index (χ4n) is 3.93. The lowest BCUT2D eigenvalue weighted by molar-refractivity contribution is -0.143. The number of carbonyl (C=O) groups excluding carboxylic acids is 1. The van der Waals surface area contributed by atoms with Crippen LogP contribution in [0.3, 0.4) is 0 Å². The number of benzene rings is 2. The number of H-pyrrole nitrogens is 1. The summed E-state index contributed by atoms with van der Waals surface area (Å²) in [5.41, 5.74) is 2.93. The zero-order chi connectivity index (χ0) is 24.2. The molecule has 0 aliphatic carbocycles. The Hall–Kier alpha value is -3.52. The minimum absolute atomic E-state index is 0.298. The minimum atomic E-state index is -0.651. The van der Waals surface area contributed by atoms with Gasteiger partial charge in [0.15, 0.2) is 5.16 Å². The predicted octanol–water partition coefficient (Wildman–Crippen LogP) is 4.85. The van der Waals surface area contributed by atoms with Crippen molar-refractivity contribution in [3.63, 3.8) is 0 Å². The Kier molecular flexibility index (Phi) is 7.07. The lowest BCUT2D eigenvalue weighted by atomic mass is 9.82. The van der Waals surface area contributed by atoms with Crippen molar-refractivity contribution in [1.82, 2.24) is 9.97 Å². The van der Waals surface area contributed by atoms with Gasteiger partial charge in [-0.1, -0.05) is 54.2 Å². The number of thioether (sulfide) groups is 1. The van der Waals surface area contributed by atoms with Crippen molar-refractivity contribution in [3.05, 3.63) is 92.9 Å². The van der Waals surface area contributed by atoms with Gasteiger partial charge in [-0.15, -0.1) is 0 Å². The highest BCUT2D eigenvalue weighted by molar-refractivity contribution is 7.98. The SMILES string of the molecule is COc1cccc(C2C(C(=O)OC(C)C)=C(C)Nc3nc(SCc4ccccc4)[nH]c(=O)c32)c1. The number of nitrogens with zero attached hydrogens (tertiary/aromatic N) is 1. The molecule has 1 aromatic heterocycles. The summed E-state index contributed by atoms with van der Waals surface area (Å²) in [5, 5.41) is 3.68. The summed E-state index contributed by atoms with van der Waals surface area (Å²) in [6.45, 7) is 5.39. The van der Waals surface area contributed by atoms with Crippen LogP contribution in [0.1, 0.15) is 43.4 Å². The highest BCUT2D eigenvalue weighted by atomic mass is 32.2. The van der Waals surface area contributed by atoms with Gasteiger partial charge in [0.25, 0.3) is 5.56 Å². The first-order valence-electron chi connectivity index (χ1n) is 11.0. The molecule has 0 saturated heterocycles. The average Bonchev–Trinajstić information content (AvgIpc) is 2.82. The van der Waals surface area contributed by atoms with Crippen LogP contribution in [0.2, 0.25) is 0 Å². The number of nitrogens with one attached hydrogen (secondary N) is 2. The lowest BCUT2D eigenvalue weighted by Gasteiger charge is -2.29. The third-order valence-electron chi connectivity index (χ3n) is 5.43. The lowest BCUT2D eigenvalue weighted by Crippen LogP contribution is -2.31. The first kappa shape index (κ1) is 23.6. The number of hydrogen-bond donors (Lipinski definition) is 2. The summed E-state index contributed by atoms with van der Waals surface area (Å²) >= 11 is 1.45. The molecule has 0 spiro atoms. The number of aromatic amines is 1. The van der Waals surface area contributed by atoms with Crippen molar-refractivity contribution in [2.75, 3.05) is 12.4 Å². The zero-order valence-electron chi connectivity index (χ0n) is 19.5. The summed E-state index contributed by atoms with van der Waals surface area (Å²) in [4.78, 5) is 34.1. The Morgan fingerprint density at radius 2 is 1.91 bits per heavy atom. The van der Waals surface area contributed by atoms with Crippen LogP contribution in [0, 0.1) is 0 Å². The smallest absolute Gasteiger partial charge is 0.337 e. The zero-order valence-corrected chi connectivity index (χ0v) is 20.4. The van der Waals surface area contributed by atoms with E-state index in [1.807, 2.05) is 54.6 Å². The molecule has 176 valence electrons. The number of carbonyl (C=O) groups is 1. The summed E-state index contributed by atoms with van der Waals surface area (Å²) in [6, 6.07) is 17.3. The van der Waals surface area contributed by atoms with Crippen molar-refractivity contribution < 1.29 is 14.3 Å². The largest absolute Gasteiger partial charge is 0.497 e. The summed E-state index contributed by atoms with van der Waals surface area (Å²) in [5.74, 6) is 0.613. The molecule has 1 unspecified atom stereocenters. The molecule has 0 saturated carbocycles. The number of anilines is 1. The number of allylic oxidation sites excluding steroid dienone is 1. The average molecular weight is 478 g/mol. The van der Waals surface area contributed by atoms with Crippen LogP contribution in [0.5, 0.6) is 5.75 Å². The molecule has 7 nitrogen and oxygen atoms in total. The van der Waals surface area contributed by atoms with E-state index >= 15 is 0 Å². The predicted molar refractivity (Wildman–Crippen MR) is 133 cm³/mol. The Morgan fingerprint density at radius 1 is 1.15 bits per heavy atom. The molecule has 2 aromatic carbocycles. The fourth-order valence-corrected chi connectivity index (χ4v) is 4.74. The van der Waals surface area contributed by atoms with Crippen molar-refractivity contribution in [1.29, 1.82) is 0 Å². The second-order valence-corrected chi connectivity index (χ2v) is 9.20. The minimum Gasteiger partial charge on any atom is -0.497 e. The Morgan fingerprint density at radius 3 is 2.62 bits per heavy atom. The van der Waals surface area contributed by atoms with E-state index in [-0.39, 0.29) is 11.7 Å². The fraction of sp³-hybridized carbons (Fsp3) is 0.269. The van der Waals surface area contributed by atoms with Crippen LogP contribution < -0.4 is 15.6 Å². The van der Waals surface area contributed by atoms with E-state index in [1.54, 1.807) is 27.9 Å². The molecule has 0 bridgehead atoms. The molecule has 4 rings (SSSR count). The maximum atomic E-state index is 13.4. The van der Waals surface area contributed by atoms with Crippen LogP contribution >= 0.6 is 11.8 Å². The first-order chi connectivity index (χ1) is 16.4. The molecule has 34 heavy (non-hydrogen) atoms. The van der Waals surface area contributed by atoms with Crippen LogP contribution in [0.4, 0.5) is 5.82 Å². The second-order valence-electron chi connectivity index (χ2n) is 8.24. The van der Waals surface area contributed by atoms with Crippen molar-refractivity contribution >= 4 is 23.5 Å². The maximum absolute atomic E-state index is 13.4. The molecular weight excluding hydrogens is 450 g/mol. The van der Waals surface area contributed by atoms with Gasteiger partial charge in [0.05, 0.1) is 30.3 Å². The quantitative estimate of drug-likeness (QED) is 0.285. The molecule has 3 aromatic rings. The van der Waals surface area contributed by atoms with Gasteiger partial charge < -0.3 is 19.8 Å². The summed E-state index contributed by atoms with van der Waals surface area (Å²) in [7, 11) is 1.58. The van der Waals surface area contributed by atoms with Crippen molar-refractivity contribution in [3.8, 4) is 5.75 Å². The number of fused-ring (bicyclic) bond motifs is 1. The molecule has 1 aliphatic heterocycles. The molecule has 2 N–H and O–H groups in total. The molecule has 8 heteroatoms. The van der Waals surface area contributed by atoms with Crippen LogP contribution in [-0.2, 0) is 15.3 Å². The number of hydrogen-bond acceptors (Lipinski definition) is 7. The highest BCUT2D eigenvalue weighted by Gasteiger charge is 2.37. The van der Waals surface area contributed by atoms with Gasteiger partial charge in [-0.2, -0.15) is 0 Å². The van der Waals surface area contributed by atoms with Gasteiger partial charge in [-0.25, -0.2) is 9.78 Å². The third-order valence-corrected chi connectivity index (χ3v) is 6.37. The monoisotopic (exact) mass is 477 g/mol. The molecule has 2 heterocycles. The van der Waals surface area contributed by atoms with Gasteiger partial charge in [0.1, 0.15) is 11.6 Å². The number of methoxy groups -OCH3 is 1. The van der Waals surface area contributed by atoms with Crippen molar-refractivity contribution in [2.45, 2.75) is 43.7 Å². The van der Waals surface area contributed by atoms with E-state index < -0.39 is 11.9 Å². The first-order valence-corrected chi connectivity index (χ1v) is 12.0. The molecule has 1 aliphatic rings. The molecular formula is C26H27N3O4S. The second kappa shape index (κ2) is 10.2. The topological polar surface area (TPSA) is 93.3 Å². The maximum Gasteiger partial charge on any atom is 0.337 e. The van der Waals surface area contributed by atoms with E-state index in [1.165, 1.54) is 11.8 Å². The van der Waals surface area contributed by atoms with E-state index in [0.29, 0.717) is 39.3 Å². The van der Waals surface area contributed by atoms with Gasteiger partial charge in [-0.05, 0) is 44.0 Å². The standard InChI is InChI=1S/C26H27N3O4S/c1-15(2)33-25(31)20-16(3)27-23-22(21(20)18-11-8-12-19(13-18)32-4)24(30)29-26(28-23)34-14-17-9-6-5-7-10-17/h5-13,15,21H,14H2,1-4H3,(H2,27,28,29,30). The van der Waals surface area contributed by atoms with E-state index in [0.717, 1.165) is 11.1 Å². The Labute approximate surface area is 202 Å². The van der Waals surface area contributed by atoms with Crippen LogP contribution in [0.25, 0.3) is 0 Å². The van der Waals surface area contributed by atoms with E-state index in [4.69, 9.17) is 14.5 Å². The number of esters is 1. The van der Waals surface area contributed by atoms with Gasteiger partial charge in [0.2, 0.25) is 0 Å². The summed E-state index contributed by atoms with van der Waals surface area (Å²) in [6.07, 6.45) is -0.298. The van der Waals surface area contributed by atoms with E-state index in [9.17, 15) is 9.59 Å². The molecule has 1 atom stereocenters. The van der Waals surface area contributed by atoms with E-state index in [2.05, 4.69) is 10.3 Å². The summed E-state index contributed by atoms with van der Waals surface area (Å²) < 4.78 is 10.9. The Balaban J connectivity index is 1.78. The number of ether oxygens (including phenoxy) is 2. The molecule has 0 radical (unpaired) electrons. The third kappa shape index (κ3) is 5.02. The van der Waals surface area contributed by atoms with Crippen LogP contribution in [0.15, 0.2) is 75.8 Å². The Bertz CT molecular complexity index is 1280.